The Labute approximate surface area is 135 Å². The van der Waals surface area contributed by atoms with Crippen LogP contribution in [0.15, 0.2) is 35.9 Å². The van der Waals surface area contributed by atoms with Crippen molar-refractivity contribution in [1.29, 1.82) is 0 Å². The quantitative estimate of drug-likeness (QED) is 0.817. The molecule has 1 fully saturated rings. The second-order valence-electron chi connectivity index (χ2n) is 5.90. The van der Waals surface area contributed by atoms with Gasteiger partial charge in [0, 0.05) is 32.3 Å². The standard InChI is InChI=1S/C17H21N3OS/c1-13(2)11-17(21)20-9-7-19(8-10-20)12-16-18-14-5-3-4-6-15(14)22-16/h3-6,11H,7-10,12H2,1-2H3. The molecule has 0 unspecified atom stereocenters. The Bertz CT molecular complexity index is 662. The number of para-hydroxylation sites is 1. The number of carbonyl (C=O) groups is 1. The Morgan fingerprint density at radius 3 is 2.64 bits per heavy atom. The molecule has 0 spiro atoms. The highest BCUT2D eigenvalue weighted by molar-refractivity contribution is 7.18. The third-order valence-electron chi connectivity index (χ3n) is 3.79. The largest absolute Gasteiger partial charge is 0.337 e. The number of aromatic nitrogens is 1. The normalized spacial score (nSPS) is 16.0. The third-order valence-corrected chi connectivity index (χ3v) is 4.81. The molecular formula is C17H21N3OS. The number of hydrogen-bond donors (Lipinski definition) is 0. The number of benzene rings is 1. The lowest BCUT2D eigenvalue weighted by atomic mass is 10.2. The molecule has 1 aromatic heterocycles. The van der Waals surface area contributed by atoms with E-state index in [2.05, 4.69) is 28.1 Å². The number of fused-ring (bicyclic) bond motifs is 1. The zero-order valence-corrected chi connectivity index (χ0v) is 13.9. The number of amides is 1. The maximum atomic E-state index is 12.0. The molecule has 2 heterocycles. The summed E-state index contributed by atoms with van der Waals surface area (Å²) in [5.41, 5.74) is 2.14. The van der Waals surface area contributed by atoms with Crippen molar-refractivity contribution in [2.75, 3.05) is 26.2 Å². The van der Waals surface area contributed by atoms with E-state index in [9.17, 15) is 4.79 Å². The average molecular weight is 315 g/mol. The topological polar surface area (TPSA) is 36.4 Å². The van der Waals surface area contributed by atoms with Gasteiger partial charge in [0.2, 0.25) is 5.91 Å². The van der Waals surface area contributed by atoms with E-state index < -0.39 is 0 Å². The number of allylic oxidation sites excluding steroid dienone is 1. The number of thiazole rings is 1. The second-order valence-corrected chi connectivity index (χ2v) is 7.01. The molecule has 22 heavy (non-hydrogen) atoms. The van der Waals surface area contributed by atoms with Gasteiger partial charge in [-0.3, -0.25) is 9.69 Å². The summed E-state index contributed by atoms with van der Waals surface area (Å²) in [5, 5.41) is 1.16. The van der Waals surface area contributed by atoms with Gasteiger partial charge in [0.05, 0.1) is 16.8 Å². The summed E-state index contributed by atoms with van der Waals surface area (Å²) in [6.07, 6.45) is 1.73. The molecule has 0 saturated carbocycles. The zero-order valence-electron chi connectivity index (χ0n) is 13.1. The summed E-state index contributed by atoms with van der Waals surface area (Å²) in [7, 11) is 0. The van der Waals surface area contributed by atoms with Crippen molar-refractivity contribution in [3.63, 3.8) is 0 Å². The lowest BCUT2D eigenvalue weighted by molar-refractivity contribution is -0.127. The predicted octanol–water partition coefficient (Wildman–Crippen LogP) is 2.91. The van der Waals surface area contributed by atoms with Crippen LogP contribution in [0.25, 0.3) is 10.2 Å². The van der Waals surface area contributed by atoms with Crippen LogP contribution in [-0.2, 0) is 11.3 Å². The minimum atomic E-state index is 0.139. The van der Waals surface area contributed by atoms with E-state index >= 15 is 0 Å². The summed E-state index contributed by atoms with van der Waals surface area (Å²) in [5.74, 6) is 0.139. The summed E-state index contributed by atoms with van der Waals surface area (Å²) < 4.78 is 1.25. The molecule has 0 radical (unpaired) electrons. The Morgan fingerprint density at radius 2 is 1.95 bits per heavy atom. The Morgan fingerprint density at radius 1 is 1.23 bits per heavy atom. The molecule has 2 aromatic rings. The maximum absolute atomic E-state index is 12.0. The third kappa shape index (κ3) is 3.54. The zero-order chi connectivity index (χ0) is 15.5. The van der Waals surface area contributed by atoms with E-state index in [0.717, 1.165) is 48.8 Å². The first-order valence-corrected chi connectivity index (χ1v) is 8.44. The second kappa shape index (κ2) is 6.58. The monoisotopic (exact) mass is 315 g/mol. The first-order chi connectivity index (χ1) is 10.6. The van der Waals surface area contributed by atoms with Gasteiger partial charge >= 0.3 is 0 Å². The van der Waals surface area contributed by atoms with Crippen LogP contribution in [0.1, 0.15) is 18.9 Å². The SMILES string of the molecule is CC(C)=CC(=O)N1CCN(Cc2nc3ccccc3s2)CC1. The van der Waals surface area contributed by atoms with Gasteiger partial charge in [-0.2, -0.15) is 0 Å². The number of hydrogen-bond acceptors (Lipinski definition) is 4. The molecule has 1 aliphatic heterocycles. The van der Waals surface area contributed by atoms with E-state index in [4.69, 9.17) is 0 Å². The molecule has 0 bridgehead atoms. The molecular weight excluding hydrogens is 294 g/mol. The van der Waals surface area contributed by atoms with Crippen LogP contribution in [0.2, 0.25) is 0 Å². The molecule has 1 amide bonds. The van der Waals surface area contributed by atoms with Crippen LogP contribution in [0, 0.1) is 0 Å². The van der Waals surface area contributed by atoms with Crippen LogP contribution < -0.4 is 0 Å². The van der Waals surface area contributed by atoms with Crippen molar-refractivity contribution in [2.45, 2.75) is 20.4 Å². The van der Waals surface area contributed by atoms with Crippen molar-refractivity contribution >= 4 is 27.5 Å². The molecule has 0 atom stereocenters. The van der Waals surface area contributed by atoms with E-state index in [-0.39, 0.29) is 5.91 Å². The van der Waals surface area contributed by atoms with Gasteiger partial charge in [0.15, 0.2) is 0 Å². The van der Waals surface area contributed by atoms with Crippen molar-refractivity contribution in [1.82, 2.24) is 14.8 Å². The number of piperazine rings is 1. The molecule has 5 heteroatoms. The van der Waals surface area contributed by atoms with E-state index in [1.54, 1.807) is 17.4 Å². The van der Waals surface area contributed by atoms with Crippen LogP contribution in [-0.4, -0.2) is 46.9 Å². The number of rotatable bonds is 3. The Kier molecular flexibility index (Phi) is 4.55. The molecule has 3 rings (SSSR count). The highest BCUT2D eigenvalue weighted by Gasteiger charge is 2.20. The fourth-order valence-electron chi connectivity index (χ4n) is 2.64. The predicted molar refractivity (Wildman–Crippen MR) is 90.9 cm³/mol. The molecule has 1 aliphatic rings. The van der Waals surface area contributed by atoms with E-state index in [0.29, 0.717) is 0 Å². The fraction of sp³-hybridized carbons (Fsp3) is 0.412. The van der Waals surface area contributed by atoms with E-state index in [1.165, 1.54) is 4.70 Å². The first kappa shape index (κ1) is 15.2. The lowest BCUT2D eigenvalue weighted by Gasteiger charge is -2.33. The average Bonchev–Trinajstić information content (AvgIpc) is 2.89. The first-order valence-electron chi connectivity index (χ1n) is 7.62. The summed E-state index contributed by atoms with van der Waals surface area (Å²) in [6, 6.07) is 8.26. The Balaban J connectivity index is 1.57. The van der Waals surface area contributed by atoms with E-state index in [1.807, 2.05) is 24.8 Å². The summed E-state index contributed by atoms with van der Waals surface area (Å²) in [4.78, 5) is 21.0. The minimum absolute atomic E-state index is 0.139. The van der Waals surface area contributed by atoms with Gasteiger partial charge in [-0.15, -0.1) is 11.3 Å². The van der Waals surface area contributed by atoms with Crippen LogP contribution in [0.3, 0.4) is 0 Å². The van der Waals surface area contributed by atoms with Gasteiger partial charge in [-0.1, -0.05) is 17.7 Å². The fourth-order valence-corrected chi connectivity index (χ4v) is 3.65. The smallest absolute Gasteiger partial charge is 0.246 e. The van der Waals surface area contributed by atoms with Crippen molar-refractivity contribution in [3.8, 4) is 0 Å². The molecule has 4 nitrogen and oxygen atoms in total. The summed E-state index contributed by atoms with van der Waals surface area (Å²) in [6.45, 7) is 8.23. The Hall–Kier alpha value is -1.72. The van der Waals surface area contributed by atoms with Gasteiger partial charge in [0.25, 0.3) is 0 Å². The van der Waals surface area contributed by atoms with Gasteiger partial charge in [-0.05, 0) is 26.0 Å². The highest BCUT2D eigenvalue weighted by atomic mass is 32.1. The van der Waals surface area contributed by atoms with Crippen LogP contribution in [0.5, 0.6) is 0 Å². The molecule has 116 valence electrons. The molecule has 0 aliphatic carbocycles. The van der Waals surface area contributed by atoms with Crippen LogP contribution >= 0.6 is 11.3 Å². The maximum Gasteiger partial charge on any atom is 0.246 e. The molecule has 1 aromatic carbocycles. The molecule has 0 N–H and O–H groups in total. The number of nitrogens with zero attached hydrogens (tertiary/aromatic N) is 3. The molecule has 1 saturated heterocycles. The van der Waals surface area contributed by atoms with Crippen LogP contribution in [0.4, 0.5) is 0 Å². The van der Waals surface area contributed by atoms with Crippen molar-refractivity contribution in [3.05, 3.63) is 40.9 Å². The van der Waals surface area contributed by atoms with Crippen molar-refractivity contribution < 1.29 is 4.79 Å². The lowest BCUT2D eigenvalue weighted by Crippen LogP contribution is -2.47. The van der Waals surface area contributed by atoms with Gasteiger partial charge in [0.1, 0.15) is 5.01 Å². The van der Waals surface area contributed by atoms with Gasteiger partial charge in [-0.25, -0.2) is 4.98 Å². The van der Waals surface area contributed by atoms with Gasteiger partial charge < -0.3 is 4.90 Å². The highest BCUT2D eigenvalue weighted by Crippen LogP contribution is 2.23. The number of carbonyl (C=O) groups excluding carboxylic acids is 1. The van der Waals surface area contributed by atoms with Crippen molar-refractivity contribution in [2.24, 2.45) is 0 Å². The summed E-state index contributed by atoms with van der Waals surface area (Å²) >= 11 is 1.76. The minimum Gasteiger partial charge on any atom is -0.337 e.